The Kier molecular flexibility index (Phi) is 4.46. The van der Waals surface area contributed by atoms with Gasteiger partial charge in [-0.25, -0.2) is 4.39 Å². The van der Waals surface area contributed by atoms with Crippen LogP contribution < -0.4 is 5.32 Å². The van der Waals surface area contributed by atoms with Crippen LogP contribution >= 0.6 is 0 Å². The van der Waals surface area contributed by atoms with Gasteiger partial charge < -0.3 is 10.1 Å². The van der Waals surface area contributed by atoms with E-state index in [0.29, 0.717) is 31.6 Å². The molecule has 1 fully saturated rings. The summed E-state index contributed by atoms with van der Waals surface area (Å²) in [6, 6.07) is 0.765. The molecule has 0 bridgehead atoms. The van der Waals surface area contributed by atoms with Gasteiger partial charge in [-0.3, -0.25) is 14.9 Å². The first-order valence-corrected chi connectivity index (χ1v) is 6.44. The lowest BCUT2D eigenvalue weighted by Crippen LogP contribution is -2.41. The van der Waals surface area contributed by atoms with E-state index in [9.17, 15) is 23.7 Å². The van der Waals surface area contributed by atoms with Gasteiger partial charge in [0.25, 0.3) is 5.91 Å². The highest BCUT2D eigenvalue weighted by molar-refractivity contribution is 5.95. The predicted molar refractivity (Wildman–Crippen MR) is 68.9 cm³/mol. The summed E-state index contributed by atoms with van der Waals surface area (Å²) >= 11 is 0. The molecule has 0 radical (unpaired) electrons. The van der Waals surface area contributed by atoms with Gasteiger partial charge in [-0.1, -0.05) is 0 Å². The summed E-state index contributed by atoms with van der Waals surface area (Å²) in [5.41, 5.74) is -1.54. The van der Waals surface area contributed by atoms with Crippen molar-refractivity contribution in [2.24, 2.45) is 0 Å². The molecule has 2 atom stereocenters. The maximum Gasteiger partial charge on any atom is 0.307 e. The van der Waals surface area contributed by atoms with Gasteiger partial charge in [0.1, 0.15) is 5.82 Å². The van der Waals surface area contributed by atoms with Crippen LogP contribution in [0.5, 0.6) is 0 Å². The number of carbonyl (C=O) groups excluding carboxylic acids is 1. The van der Waals surface area contributed by atoms with Crippen LogP contribution in [0.2, 0.25) is 0 Å². The number of hydrogen-bond acceptors (Lipinski definition) is 4. The Morgan fingerprint density at radius 2 is 2.14 bits per heavy atom. The second kappa shape index (κ2) is 6.13. The molecular formula is C13H14F2N2O4. The quantitative estimate of drug-likeness (QED) is 0.685. The molecule has 0 saturated carbocycles. The van der Waals surface area contributed by atoms with E-state index in [4.69, 9.17) is 4.74 Å². The van der Waals surface area contributed by atoms with Gasteiger partial charge in [-0.15, -0.1) is 0 Å². The molecule has 1 amide bonds. The average Bonchev–Trinajstić information content (AvgIpc) is 2.40. The molecule has 0 aromatic heterocycles. The summed E-state index contributed by atoms with van der Waals surface area (Å²) in [4.78, 5) is 21.4. The van der Waals surface area contributed by atoms with Crippen molar-refractivity contribution in [3.63, 3.8) is 0 Å². The predicted octanol–water partition coefficient (Wildman–Crippen LogP) is 2.17. The Bertz CT molecular complexity index is 580. The number of rotatable bonds is 3. The van der Waals surface area contributed by atoms with Gasteiger partial charge in [-0.05, 0) is 25.8 Å². The summed E-state index contributed by atoms with van der Waals surface area (Å²) in [7, 11) is 0. The Morgan fingerprint density at radius 1 is 1.43 bits per heavy atom. The third-order valence-electron chi connectivity index (χ3n) is 3.30. The van der Waals surface area contributed by atoms with Gasteiger partial charge in [0.05, 0.1) is 22.7 Å². The van der Waals surface area contributed by atoms with Crippen LogP contribution in [0.15, 0.2) is 12.1 Å². The number of hydrogen-bond donors (Lipinski definition) is 1. The average molecular weight is 300 g/mol. The number of carbonyl (C=O) groups is 1. The molecule has 1 N–H and O–H groups in total. The molecule has 1 heterocycles. The van der Waals surface area contributed by atoms with Crippen molar-refractivity contribution in [2.75, 3.05) is 6.61 Å². The van der Waals surface area contributed by atoms with Crippen molar-refractivity contribution in [3.8, 4) is 0 Å². The topological polar surface area (TPSA) is 81.5 Å². The lowest BCUT2D eigenvalue weighted by molar-refractivity contribution is -0.387. The van der Waals surface area contributed by atoms with Crippen LogP contribution in [0.3, 0.4) is 0 Å². The lowest BCUT2D eigenvalue weighted by Gasteiger charge is -2.27. The maximum absolute atomic E-state index is 13.7. The molecule has 1 aliphatic rings. The van der Waals surface area contributed by atoms with Crippen molar-refractivity contribution >= 4 is 11.6 Å². The number of amides is 1. The summed E-state index contributed by atoms with van der Waals surface area (Å²) in [6.45, 7) is 2.33. The molecule has 21 heavy (non-hydrogen) atoms. The van der Waals surface area contributed by atoms with Crippen molar-refractivity contribution in [2.45, 2.75) is 31.9 Å². The standard InChI is InChI=1S/C13H14F2N2O4/c1-7-4-8(2-3-21-7)16-13(18)9-5-11(15)12(17(19)20)6-10(9)14/h5-8H,2-4H2,1H3,(H,16,18). The highest BCUT2D eigenvalue weighted by atomic mass is 19.1. The second-order valence-corrected chi connectivity index (χ2v) is 4.92. The number of benzene rings is 1. The fraction of sp³-hybridized carbons (Fsp3) is 0.462. The summed E-state index contributed by atoms with van der Waals surface area (Å²) in [5, 5.41) is 13.1. The second-order valence-electron chi connectivity index (χ2n) is 4.92. The molecule has 0 spiro atoms. The van der Waals surface area contributed by atoms with E-state index in [1.54, 1.807) is 0 Å². The Morgan fingerprint density at radius 3 is 2.76 bits per heavy atom. The van der Waals surface area contributed by atoms with Gasteiger partial charge in [0.15, 0.2) is 0 Å². The number of nitro benzene ring substituents is 1. The molecule has 1 aromatic carbocycles. The van der Waals surface area contributed by atoms with Crippen molar-refractivity contribution in [1.82, 2.24) is 5.32 Å². The molecule has 114 valence electrons. The van der Waals surface area contributed by atoms with E-state index in [2.05, 4.69) is 5.32 Å². The molecule has 2 unspecified atom stereocenters. The van der Waals surface area contributed by atoms with Gasteiger partial charge in [0, 0.05) is 12.6 Å². The van der Waals surface area contributed by atoms with Crippen LogP contribution in [-0.4, -0.2) is 29.6 Å². The molecule has 1 saturated heterocycles. The minimum atomic E-state index is -1.24. The van der Waals surface area contributed by atoms with E-state index < -0.39 is 33.7 Å². The van der Waals surface area contributed by atoms with E-state index in [-0.39, 0.29) is 12.1 Å². The Balaban J connectivity index is 2.15. The van der Waals surface area contributed by atoms with Crippen LogP contribution in [-0.2, 0) is 4.74 Å². The first-order chi connectivity index (χ1) is 9.88. The first kappa shape index (κ1) is 15.3. The normalized spacial score (nSPS) is 21.9. The monoisotopic (exact) mass is 300 g/mol. The Hall–Kier alpha value is -2.09. The smallest absolute Gasteiger partial charge is 0.307 e. The highest BCUT2D eigenvalue weighted by Crippen LogP contribution is 2.22. The van der Waals surface area contributed by atoms with E-state index in [0.717, 1.165) is 0 Å². The fourth-order valence-electron chi connectivity index (χ4n) is 2.24. The summed E-state index contributed by atoms with van der Waals surface area (Å²) in [5.74, 6) is -3.16. The molecule has 6 nitrogen and oxygen atoms in total. The first-order valence-electron chi connectivity index (χ1n) is 6.44. The van der Waals surface area contributed by atoms with E-state index in [1.807, 2.05) is 6.92 Å². The molecule has 1 aromatic rings. The van der Waals surface area contributed by atoms with Crippen molar-refractivity contribution in [1.29, 1.82) is 0 Å². The summed E-state index contributed by atoms with van der Waals surface area (Å²) in [6.07, 6.45) is 1.12. The van der Waals surface area contributed by atoms with Crippen LogP contribution in [0.1, 0.15) is 30.1 Å². The third kappa shape index (κ3) is 3.52. The van der Waals surface area contributed by atoms with E-state index in [1.165, 1.54) is 0 Å². The van der Waals surface area contributed by atoms with Gasteiger partial charge >= 0.3 is 5.69 Å². The molecular weight excluding hydrogens is 286 g/mol. The molecule has 2 rings (SSSR count). The summed E-state index contributed by atoms with van der Waals surface area (Å²) < 4.78 is 32.5. The Labute approximate surface area is 119 Å². The minimum Gasteiger partial charge on any atom is -0.378 e. The van der Waals surface area contributed by atoms with E-state index >= 15 is 0 Å². The van der Waals surface area contributed by atoms with Crippen LogP contribution in [0, 0.1) is 21.7 Å². The zero-order valence-corrected chi connectivity index (χ0v) is 11.3. The van der Waals surface area contributed by atoms with Crippen LogP contribution in [0.4, 0.5) is 14.5 Å². The van der Waals surface area contributed by atoms with Crippen molar-refractivity contribution in [3.05, 3.63) is 39.4 Å². The molecule has 0 aliphatic carbocycles. The third-order valence-corrected chi connectivity index (χ3v) is 3.30. The number of nitrogens with one attached hydrogen (secondary N) is 1. The molecule has 1 aliphatic heterocycles. The number of nitrogens with zero attached hydrogens (tertiary/aromatic N) is 1. The van der Waals surface area contributed by atoms with Crippen molar-refractivity contribution < 1.29 is 23.2 Å². The number of ether oxygens (including phenoxy) is 1. The number of halogens is 2. The fourth-order valence-corrected chi connectivity index (χ4v) is 2.24. The van der Waals surface area contributed by atoms with Gasteiger partial charge in [0.2, 0.25) is 5.82 Å². The lowest BCUT2D eigenvalue weighted by atomic mass is 10.0. The largest absolute Gasteiger partial charge is 0.378 e. The zero-order chi connectivity index (χ0) is 15.6. The zero-order valence-electron chi connectivity index (χ0n) is 11.3. The maximum atomic E-state index is 13.7. The molecule has 8 heteroatoms. The van der Waals surface area contributed by atoms with Gasteiger partial charge in [-0.2, -0.15) is 4.39 Å². The SMILES string of the molecule is CC1CC(NC(=O)c2cc(F)c([N+](=O)[O-])cc2F)CCO1. The number of nitro groups is 1. The van der Waals surface area contributed by atoms with Crippen LogP contribution in [0.25, 0.3) is 0 Å². The highest BCUT2D eigenvalue weighted by Gasteiger charge is 2.25. The minimum absolute atomic E-state index is 0.0255.